The summed E-state index contributed by atoms with van der Waals surface area (Å²) in [5.74, 6) is 0.578. The van der Waals surface area contributed by atoms with Crippen LogP contribution in [0.5, 0.6) is 0 Å². The molecule has 1 saturated carbocycles. The van der Waals surface area contributed by atoms with Crippen molar-refractivity contribution in [2.45, 2.75) is 44.3 Å². The third-order valence-corrected chi connectivity index (χ3v) is 3.91. The van der Waals surface area contributed by atoms with E-state index in [1.54, 1.807) is 0 Å². The second-order valence-corrected chi connectivity index (χ2v) is 4.57. The van der Waals surface area contributed by atoms with E-state index in [0.29, 0.717) is 18.1 Å². The van der Waals surface area contributed by atoms with Crippen LogP contribution >= 0.6 is 0 Å². The van der Waals surface area contributed by atoms with Gasteiger partial charge in [0.1, 0.15) is 6.29 Å². The topological polar surface area (TPSA) is 26.3 Å². The number of carbonyl (C=O) groups excluding carboxylic acids is 1. The molecule has 0 radical (unpaired) electrons. The lowest BCUT2D eigenvalue weighted by atomic mass is 9.78. The molecule has 0 N–H and O–H groups in total. The van der Waals surface area contributed by atoms with Crippen LogP contribution < -0.4 is 0 Å². The van der Waals surface area contributed by atoms with Gasteiger partial charge in [-0.3, -0.25) is 0 Å². The summed E-state index contributed by atoms with van der Waals surface area (Å²) in [4.78, 5) is 10.9. The van der Waals surface area contributed by atoms with Crippen molar-refractivity contribution in [2.24, 2.45) is 11.3 Å². The fraction of sp³-hybridized carbons (Fsp3) is 0.900. The maximum atomic E-state index is 10.9. The first-order valence-electron chi connectivity index (χ1n) is 4.96. The van der Waals surface area contributed by atoms with Crippen LogP contribution in [0.4, 0.5) is 0 Å². The smallest absolute Gasteiger partial charge is 0.126 e. The maximum Gasteiger partial charge on any atom is 0.126 e. The molecule has 1 aliphatic carbocycles. The lowest BCUT2D eigenvalue weighted by Crippen LogP contribution is -2.27. The molecule has 0 amide bonds. The van der Waals surface area contributed by atoms with E-state index < -0.39 is 0 Å². The number of fused-ring (bicyclic) bond motifs is 2. The van der Waals surface area contributed by atoms with Crippen molar-refractivity contribution in [3.8, 4) is 0 Å². The molecule has 2 nitrogen and oxygen atoms in total. The molecule has 3 aliphatic rings. The molecule has 2 aliphatic heterocycles. The largest absolute Gasteiger partial charge is 0.375 e. The lowest BCUT2D eigenvalue weighted by Gasteiger charge is -2.23. The van der Waals surface area contributed by atoms with Crippen LogP contribution in [0.2, 0.25) is 0 Å². The molecule has 2 bridgehead atoms. The van der Waals surface area contributed by atoms with Crippen molar-refractivity contribution in [2.75, 3.05) is 0 Å². The molecule has 2 heterocycles. The second-order valence-electron chi connectivity index (χ2n) is 4.57. The summed E-state index contributed by atoms with van der Waals surface area (Å²) in [7, 11) is 0. The van der Waals surface area contributed by atoms with Crippen LogP contribution in [-0.4, -0.2) is 18.5 Å². The van der Waals surface area contributed by atoms with Gasteiger partial charge in [0, 0.05) is 5.41 Å². The summed E-state index contributed by atoms with van der Waals surface area (Å²) >= 11 is 0. The molecule has 3 unspecified atom stereocenters. The normalized spacial score (nSPS) is 47.8. The van der Waals surface area contributed by atoms with Gasteiger partial charge < -0.3 is 9.53 Å². The summed E-state index contributed by atoms with van der Waals surface area (Å²) < 4.78 is 5.75. The van der Waals surface area contributed by atoms with Gasteiger partial charge in [-0.15, -0.1) is 0 Å². The van der Waals surface area contributed by atoms with E-state index in [1.807, 2.05) is 0 Å². The van der Waals surface area contributed by atoms with E-state index in [2.05, 4.69) is 0 Å². The molecule has 3 fully saturated rings. The highest BCUT2D eigenvalue weighted by Crippen LogP contribution is 2.58. The minimum atomic E-state index is 0.0693. The van der Waals surface area contributed by atoms with Crippen LogP contribution in [0.15, 0.2) is 0 Å². The average molecular weight is 166 g/mol. The first-order chi connectivity index (χ1) is 5.84. The van der Waals surface area contributed by atoms with Gasteiger partial charge in [-0.05, 0) is 38.0 Å². The monoisotopic (exact) mass is 166 g/mol. The number of hydrogen-bond acceptors (Lipinski definition) is 2. The van der Waals surface area contributed by atoms with Gasteiger partial charge in [0.25, 0.3) is 0 Å². The number of hydrogen-bond donors (Lipinski definition) is 0. The molecule has 0 aromatic carbocycles. The Labute approximate surface area is 72.3 Å². The average Bonchev–Trinajstić information content (AvgIpc) is 2.62. The zero-order valence-corrected chi connectivity index (χ0v) is 7.16. The third kappa shape index (κ3) is 0.764. The van der Waals surface area contributed by atoms with Crippen LogP contribution in [0.3, 0.4) is 0 Å². The molecule has 12 heavy (non-hydrogen) atoms. The maximum absolute atomic E-state index is 10.9. The van der Waals surface area contributed by atoms with Crippen molar-refractivity contribution in [3.05, 3.63) is 0 Å². The van der Waals surface area contributed by atoms with E-state index in [1.165, 1.54) is 19.1 Å². The number of aldehydes is 1. The van der Waals surface area contributed by atoms with Gasteiger partial charge >= 0.3 is 0 Å². The predicted molar refractivity (Wildman–Crippen MR) is 43.7 cm³/mol. The van der Waals surface area contributed by atoms with Gasteiger partial charge in [-0.25, -0.2) is 0 Å². The SMILES string of the molecule is O=CC1(C2CC3CCC2O3)CC1. The van der Waals surface area contributed by atoms with Crippen molar-refractivity contribution in [1.82, 2.24) is 0 Å². The van der Waals surface area contributed by atoms with Crippen molar-refractivity contribution in [3.63, 3.8) is 0 Å². The van der Waals surface area contributed by atoms with E-state index in [0.717, 1.165) is 19.3 Å². The Morgan fingerprint density at radius 1 is 1.33 bits per heavy atom. The highest BCUT2D eigenvalue weighted by atomic mass is 16.5. The number of rotatable bonds is 2. The van der Waals surface area contributed by atoms with Gasteiger partial charge in [0.2, 0.25) is 0 Å². The van der Waals surface area contributed by atoms with Crippen LogP contribution in [0.1, 0.15) is 32.1 Å². The first-order valence-corrected chi connectivity index (χ1v) is 4.96. The summed E-state index contributed by atoms with van der Waals surface area (Å²) in [5, 5.41) is 0. The van der Waals surface area contributed by atoms with Gasteiger partial charge in [-0.1, -0.05) is 0 Å². The fourth-order valence-corrected chi connectivity index (χ4v) is 2.96. The van der Waals surface area contributed by atoms with Crippen molar-refractivity contribution < 1.29 is 9.53 Å². The molecule has 2 heteroatoms. The van der Waals surface area contributed by atoms with Crippen LogP contribution in [-0.2, 0) is 9.53 Å². The molecular weight excluding hydrogens is 152 g/mol. The summed E-state index contributed by atoms with van der Waals surface area (Å²) in [6, 6.07) is 0. The summed E-state index contributed by atoms with van der Waals surface area (Å²) in [5.41, 5.74) is 0.0693. The Hall–Kier alpha value is -0.370. The Morgan fingerprint density at radius 2 is 2.17 bits per heavy atom. The predicted octanol–water partition coefficient (Wildman–Crippen LogP) is 1.53. The second kappa shape index (κ2) is 2.11. The first kappa shape index (κ1) is 7.07. The Balaban J connectivity index is 1.82. The molecule has 0 aromatic rings. The summed E-state index contributed by atoms with van der Waals surface area (Å²) in [6.07, 6.45) is 7.95. The minimum Gasteiger partial charge on any atom is -0.375 e. The molecular formula is C10H14O2. The van der Waals surface area contributed by atoms with Gasteiger partial charge in [0.05, 0.1) is 12.2 Å². The molecule has 0 aromatic heterocycles. The Kier molecular flexibility index (Phi) is 1.24. The lowest BCUT2D eigenvalue weighted by molar-refractivity contribution is -0.114. The fourth-order valence-electron chi connectivity index (χ4n) is 2.96. The van der Waals surface area contributed by atoms with Crippen molar-refractivity contribution in [1.29, 1.82) is 0 Å². The standard InChI is InChI=1S/C10H14O2/c11-6-10(3-4-10)8-5-7-1-2-9(8)12-7/h6-9H,1-5H2. The van der Waals surface area contributed by atoms with E-state index >= 15 is 0 Å². The zero-order chi connectivity index (χ0) is 8.18. The van der Waals surface area contributed by atoms with Crippen LogP contribution in [0, 0.1) is 11.3 Å². The van der Waals surface area contributed by atoms with E-state index in [9.17, 15) is 4.79 Å². The van der Waals surface area contributed by atoms with Crippen molar-refractivity contribution >= 4 is 6.29 Å². The Morgan fingerprint density at radius 3 is 2.58 bits per heavy atom. The molecule has 0 spiro atoms. The third-order valence-electron chi connectivity index (χ3n) is 3.91. The van der Waals surface area contributed by atoms with Crippen LogP contribution in [0.25, 0.3) is 0 Å². The molecule has 2 saturated heterocycles. The van der Waals surface area contributed by atoms with E-state index in [-0.39, 0.29) is 5.41 Å². The number of carbonyl (C=O) groups is 1. The molecule has 66 valence electrons. The highest BCUT2D eigenvalue weighted by molar-refractivity contribution is 5.64. The Bertz CT molecular complexity index is 220. The molecule has 3 rings (SSSR count). The van der Waals surface area contributed by atoms with Gasteiger partial charge in [-0.2, -0.15) is 0 Å². The number of ether oxygens (including phenoxy) is 1. The van der Waals surface area contributed by atoms with Gasteiger partial charge in [0.15, 0.2) is 0 Å². The zero-order valence-electron chi connectivity index (χ0n) is 7.16. The minimum absolute atomic E-state index is 0.0693. The quantitative estimate of drug-likeness (QED) is 0.581. The highest BCUT2D eigenvalue weighted by Gasteiger charge is 2.57. The van der Waals surface area contributed by atoms with E-state index in [4.69, 9.17) is 4.74 Å². The summed E-state index contributed by atoms with van der Waals surface area (Å²) in [6.45, 7) is 0. The molecule has 3 atom stereocenters.